The average Bonchev–Trinajstić information content (AvgIpc) is 3.33. The standard InChI is InChI=1S/C30H35N5O4/c1-7-30(3,4)31-29(37)27(22-14-11-17-25(38-5)28(22)39-6)35(21-13-10-12-20(2)18-21)26(36)19-34-24-16-9-8-15-23(24)32-33-34/h8-18,27H,7,19H2,1-6H3,(H,31,37). The van der Waals surface area contributed by atoms with Crippen molar-refractivity contribution in [1.82, 2.24) is 20.3 Å². The number of hydrogen-bond acceptors (Lipinski definition) is 6. The molecule has 1 heterocycles. The first-order valence-electron chi connectivity index (χ1n) is 12.9. The molecule has 1 N–H and O–H groups in total. The summed E-state index contributed by atoms with van der Waals surface area (Å²) in [7, 11) is 3.06. The topological polar surface area (TPSA) is 98.6 Å². The van der Waals surface area contributed by atoms with Crippen LogP contribution in [-0.2, 0) is 16.1 Å². The van der Waals surface area contributed by atoms with E-state index in [2.05, 4.69) is 15.6 Å². The maximum atomic E-state index is 14.3. The number of nitrogens with zero attached hydrogens (tertiary/aromatic N) is 4. The lowest BCUT2D eigenvalue weighted by Gasteiger charge is -2.35. The zero-order valence-corrected chi connectivity index (χ0v) is 23.3. The van der Waals surface area contributed by atoms with Crippen LogP contribution >= 0.6 is 0 Å². The number of nitrogens with one attached hydrogen (secondary N) is 1. The highest BCUT2D eigenvalue weighted by molar-refractivity contribution is 6.02. The van der Waals surface area contributed by atoms with E-state index in [1.807, 2.05) is 76.2 Å². The number of anilines is 1. The third-order valence-corrected chi connectivity index (χ3v) is 6.83. The molecule has 9 nitrogen and oxygen atoms in total. The summed E-state index contributed by atoms with van der Waals surface area (Å²) in [6, 6.07) is 19.2. The number of amides is 2. The van der Waals surface area contributed by atoms with Gasteiger partial charge in [-0.3, -0.25) is 14.5 Å². The molecule has 4 rings (SSSR count). The van der Waals surface area contributed by atoms with Crippen molar-refractivity contribution in [2.75, 3.05) is 19.1 Å². The number of methoxy groups -OCH3 is 2. The first-order valence-corrected chi connectivity index (χ1v) is 12.9. The van der Waals surface area contributed by atoms with Gasteiger partial charge < -0.3 is 14.8 Å². The molecular formula is C30H35N5O4. The second-order valence-corrected chi connectivity index (χ2v) is 10.1. The van der Waals surface area contributed by atoms with Crippen LogP contribution in [0.3, 0.4) is 0 Å². The minimum absolute atomic E-state index is 0.123. The molecule has 0 radical (unpaired) electrons. The fourth-order valence-electron chi connectivity index (χ4n) is 4.47. The second kappa shape index (κ2) is 11.6. The van der Waals surface area contributed by atoms with Gasteiger partial charge in [-0.1, -0.05) is 48.5 Å². The molecule has 2 amide bonds. The van der Waals surface area contributed by atoms with E-state index >= 15 is 0 Å². The van der Waals surface area contributed by atoms with Gasteiger partial charge in [0, 0.05) is 16.8 Å². The Kier molecular flexibility index (Phi) is 8.18. The molecule has 0 fully saturated rings. The Hall–Kier alpha value is -4.40. The van der Waals surface area contributed by atoms with Gasteiger partial charge in [0.2, 0.25) is 11.8 Å². The van der Waals surface area contributed by atoms with Crippen molar-refractivity contribution in [3.05, 3.63) is 77.9 Å². The molecule has 0 saturated carbocycles. The van der Waals surface area contributed by atoms with E-state index in [0.29, 0.717) is 34.7 Å². The van der Waals surface area contributed by atoms with E-state index in [9.17, 15) is 9.59 Å². The summed E-state index contributed by atoms with van der Waals surface area (Å²) in [4.78, 5) is 29.9. The highest BCUT2D eigenvalue weighted by Gasteiger charge is 2.37. The van der Waals surface area contributed by atoms with Crippen LogP contribution in [0.25, 0.3) is 11.0 Å². The molecule has 1 aromatic heterocycles. The lowest BCUT2D eigenvalue weighted by atomic mass is 9.97. The summed E-state index contributed by atoms with van der Waals surface area (Å²) in [6.45, 7) is 7.72. The normalized spacial score (nSPS) is 12.2. The van der Waals surface area contributed by atoms with Crippen molar-refractivity contribution >= 4 is 28.5 Å². The quantitative estimate of drug-likeness (QED) is 0.316. The molecule has 3 aromatic carbocycles. The third-order valence-electron chi connectivity index (χ3n) is 6.83. The molecule has 1 atom stereocenters. The van der Waals surface area contributed by atoms with Crippen LogP contribution in [0.2, 0.25) is 0 Å². The molecule has 204 valence electrons. The number of hydrogen-bond donors (Lipinski definition) is 1. The molecule has 4 aromatic rings. The minimum atomic E-state index is -1.06. The number of benzene rings is 3. The second-order valence-electron chi connectivity index (χ2n) is 10.1. The zero-order chi connectivity index (χ0) is 28.2. The van der Waals surface area contributed by atoms with E-state index in [-0.39, 0.29) is 18.4 Å². The fraction of sp³-hybridized carbons (Fsp3) is 0.333. The summed E-state index contributed by atoms with van der Waals surface area (Å²) in [5.74, 6) is 0.162. The summed E-state index contributed by atoms with van der Waals surface area (Å²) < 4.78 is 12.8. The molecule has 0 aliphatic rings. The van der Waals surface area contributed by atoms with Crippen molar-refractivity contribution in [2.45, 2.75) is 52.2 Å². The van der Waals surface area contributed by atoms with Gasteiger partial charge in [0.1, 0.15) is 18.1 Å². The van der Waals surface area contributed by atoms with E-state index in [1.54, 1.807) is 22.9 Å². The van der Waals surface area contributed by atoms with E-state index in [4.69, 9.17) is 9.47 Å². The largest absolute Gasteiger partial charge is 0.493 e. The number of carbonyl (C=O) groups is 2. The van der Waals surface area contributed by atoms with Crippen molar-refractivity contribution in [3.8, 4) is 11.5 Å². The maximum absolute atomic E-state index is 14.3. The Balaban J connectivity index is 1.90. The Bertz CT molecular complexity index is 1480. The number of aromatic nitrogens is 3. The summed E-state index contributed by atoms with van der Waals surface area (Å²) in [6.07, 6.45) is 0.698. The highest BCUT2D eigenvalue weighted by Crippen LogP contribution is 2.39. The number of carbonyl (C=O) groups excluding carboxylic acids is 2. The number of aryl methyl sites for hydroxylation is 1. The number of para-hydroxylation sites is 2. The van der Waals surface area contributed by atoms with Crippen LogP contribution in [-0.4, -0.2) is 46.6 Å². The summed E-state index contributed by atoms with van der Waals surface area (Å²) >= 11 is 0. The SMILES string of the molecule is CCC(C)(C)NC(=O)C(c1cccc(OC)c1OC)N(C(=O)Cn1nnc2ccccc21)c1cccc(C)c1. The van der Waals surface area contributed by atoms with E-state index in [0.717, 1.165) is 11.1 Å². The van der Waals surface area contributed by atoms with Gasteiger partial charge in [0.25, 0.3) is 0 Å². The van der Waals surface area contributed by atoms with Gasteiger partial charge in [-0.15, -0.1) is 5.10 Å². The van der Waals surface area contributed by atoms with Crippen LogP contribution in [0.5, 0.6) is 11.5 Å². The van der Waals surface area contributed by atoms with Crippen molar-refractivity contribution < 1.29 is 19.1 Å². The Labute approximate surface area is 228 Å². The van der Waals surface area contributed by atoms with Crippen LogP contribution in [0, 0.1) is 6.92 Å². The highest BCUT2D eigenvalue weighted by atomic mass is 16.5. The van der Waals surface area contributed by atoms with Crippen molar-refractivity contribution in [1.29, 1.82) is 0 Å². The average molecular weight is 530 g/mol. The molecule has 0 spiro atoms. The third kappa shape index (κ3) is 5.87. The first kappa shape index (κ1) is 27.6. The Morgan fingerprint density at radius 3 is 2.46 bits per heavy atom. The lowest BCUT2D eigenvalue weighted by Crippen LogP contribution is -2.51. The van der Waals surface area contributed by atoms with Crippen LogP contribution in [0.15, 0.2) is 66.7 Å². The smallest absolute Gasteiger partial charge is 0.249 e. The van der Waals surface area contributed by atoms with Gasteiger partial charge in [0.05, 0.1) is 19.7 Å². The molecule has 0 bridgehead atoms. The molecule has 1 unspecified atom stereocenters. The zero-order valence-electron chi connectivity index (χ0n) is 23.3. The number of rotatable bonds is 10. The van der Waals surface area contributed by atoms with Crippen molar-refractivity contribution in [3.63, 3.8) is 0 Å². The number of fused-ring (bicyclic) bond motifs is 1. The Morgan fingerprint density at radius 2 is 1.77 bits per heavy atom. The molecule has 0 saturated heterocycles. The molecule has 0 aliphatic carbocycles. The van der Waals surface area contributed by atoms with Gasteiger partial charge in [-0.05, 0) is 63.1 Å². The molecule has 9 heteroatoms. The van der Waals surface area contributed by atoms with Crippen LogP contribution < -0.4 is 19.7 Å². The predicted molar refractivity (Wildman–Crippen MR) is 151 cm³/mol. The monoisotopic (exact) mass is 529 g/mol. The van der Waals surface area contributed by atoms with Crippen LogP contribution in [0.4, 0.5) is 5.69 Å². The van der Waals surface area contributed by atoms with Gasteiger partial charge in [-0.2, -0.15) is 0 Å². The lowest BCUT2D eigenvalue weighted by molar-refractivity contribution is -0.128. The summed E-state index contributed by atoms with van der Waals surface area (Å²) in [5, 5.41) is 11.5. The number of ether oxygens (including phenoxy) is 2. The van der Waals surface area contributed by atoms with Gasteiger partial charge >= 0.3 is 0 Å². The minimum Gasteiger partial charge on any atom is -0.493 e. The van der Waals surface area contributed by atoms with E-state index in [1.165, 1.54) is 19.1 Å². The first-order chi connectivity index (χ1) is 18.7. The molecular weight excluding hydrogens is 494 g/mol. The molecule has 0 aliphatic heterocycles. The van der Waals surface area contributed by atoms with E-state index < -0.39 is 11.6 Å². The summed E-state index contributed by atoms with van der Waals surface area (Å²) in [5.41, 5.74) is 2.92. The maximum Gasteiger partial charge on any atom is 0.249 e. The van der Waals surface area contributed by atoms with Gasteiger partial charge in [-0.25, -0.2) is 4.68 Å². The van der Waals surface area contributed by atoms with Crippen LogP contribution in [0.1, 0.15) is 44.4 Å². The predicted octanol–water partition coefficient (Wildman–Crippen LogP) is 4.84. The fourth-order valence-corrected chi connectivity index (χ4v) is 4.47. The van der Waals surface area contributed by atoms with Crippen molar-refractivity contribution in [2.24, 2.45) is 0 Å². The van der Waals surface area contributed by atoms with Gasteiger partial charge in [0.15, 0.2) is 11.5 Å². The Morgan fingerprint density at radius 1 is 1.03 bits per heavy atom. The molecule has 39 heavy (non-hydrogen) atoms.